The molecule has 3 N–H and O–H groups in total. The molecule has 7 heteroatoms. The highest BCUT2D eigenvalue weighted by Crippen LogP contribution is 2.23. The third kappa shape index (κ3) is 5.66. The van der Waals surface area contributed by atoms with E-state index >= 15 is 0 Å². The third-order valence-electron chi connectivity index (χ3n) is 3.68. The molecule has 2 rings (SSSR count). The molecule has 0 aliphatic heterocycles. The average Bonchev–Trinajstić information content (AvgIpc) is 2.57. The van der Waals surface area contributed by atoms with E-state index in [0.717, 1.165) is 11.1 Å². The molecular formula is C18H19Cl2N3O2. The van der Waals surface area contributed by atoms with Crippen molar-refractivity contribution >= 4 is 35.1 Å². The summed E-state index contributed by atoms with van der Waals surface area (Å²) < 4.78 is 0. The van der Waals surface area contributed by atoms with E-state index in [1.54, 1.807) is 25.2 Å². The molecule has 0 saturated heterocycles. The molecule has 1 atom stereocenters. The predicted molar refractivity (Wildman–Crippen MR) is 99.6 cm³/mol. The quantitative estimate of drug-likeness (QED) is 0.808. The summed E-state index contributed by atoms with van der Waals surface area (Å²) in [6.45, 7) is 0.335. The number of primary amides is 1. The largest absolute Gasteiger partial charge is 0.352 e. The molecule has 0 saturated carbocycles. The number of urea groups is 1. The molecule has 0 bridgehead atoms. The SMILES string of the molecule is CN(Cc1ccc(Cl)c(Cl)c1)C(=O)C(Cc1ccccc1)NC(N)=O. The van der Waals surface area contributed by atoms with Gasteiger partial charge in [-0.15, -0.1) is 0 Å². The van der Waals surface area contributed by atoms with E-state index in [9.17, 15) is 9.59 Å². The van der Waals surface area contributed by atoms with Gasteiger partial charge in [0.15, 0.2) is 0 Å². The molecule has 5 nitrogen and oxygen atoms in total. The second-order valence-electron chi connectivity index (χ2n) is 5.69. The number of carbonyl (C=O) groups excluding carboxylic acids is 2. The second-order valence-corrected chi connectivity index (χ2v) is 6.51. The number of hydrogen-bond donors (Lipinski definition) is 2. The standard InChI is InChI=1S/C18H19Cl2N3O2/c1-23(11-13-7-8-14(19)15(20)9-13)17(24)16(22-18(21)25)10-12-5-3-2-4-6-12/h2-9,16H,10-11H2,1H3,(H3,21,22,25). The van der Waals surface area contributed by atoms with Crippen LogP contribution in [0.1, 0.15) is 11.1 Å². The number of rotatable bonds is 6. The van der Waals surface area contributed by atoms with Crippen molar-refractivity contribution in [2.24, 2.45) is 5.73 Å². The van der Waals surface area contributed by atoms with Gasteiger partial charge in [0.1, 0.15) is 6.04 Å². The summed E-state index contributed by atoms with van der Waals surface area (Å²) >= 11 is 11.9. The third-order valence-corrected chi connectivity index (χ3v) is 4.42. The van der Waals surface area contributed by atoms with Gasteiger partial charge in [-0.25, -0.2) is 4.79 Å². The maximum Gasteiger partial charge on any atom is 0.312 e. The van der Waals surface area contributed by atoms with Crippen molar-refractivity contribution in [2.75, 3.05) is 7.05 Å². The van der Waals surface area contributed by atoms with Gasteiger partial charge in [0.05, 0.1) is 10.0 Å². The predicted octanol–water partition coefficient (Wildman–Crippen LogP) is 3.23. The zero-order valence-corrected chi connectivity index (χ0v) is 15.2. The van der Waals surface area contributed by atoms with Crippen LogP contribution in [0.5, 0.6) is 0 Å². The first-order chi connectivity index (χ1) is 11.9. The number of benzene rings is 2. The Morgan fingerprint density at radius 3 is 2.36 bits per heavy atom. The van der Waals surface area contributed by atoms with E-state index in [0.29, 0.717) is 23.0 Å². The van der Waals surface area contributed by atoms with Crippen LogP contribution in [0.4, 0.5) is 4.79 Å². The lowest BCUT2D eigenvalue weighted by atomic mass is 10.0. The Kier molecular flexibility index (Phi) is 6.67. The van der Waals surface area contributed by atoms with Crippen molar-refractivity contribution < 1.29 is 9.59 Å². The normalized spacial score (nSPS) is 11.6. The summed E-state index contributed by atoms with van der Waals surface area (Å²) in [4.78, 5) is 25.5. The smallest absolute Gasteiger partial charge is 0.312 e. The minimum atomic E-state index is -0.743. The number of carbonyl (C=O) groups is 2. The number of nitrogens with one attached hydrogen (secondary N) is 1. The topological polar surface area (TPSA) is 75.4 Å². The molecule has 25 heavy (non-hydrogen) atoms. The van der Waals surface area contributed by atoms with Crippen molar-refractivity contribution in [3.63, 3.8) is 0 Å². The highest BCUT2D eigenvalue weighted by Gasteiger charge is 2.23. The van der Waals surface area contributed by atoms with Gasteiger partial charge in [0.25, 0.3) is 0 Å². The Morgan fingerprint density at radius 2 is 1.76 bits per heavy atom. The van der Waals surface area contributed by atoms with Gasteiger partial charge >= 0.3 is 6.03 Å². The van der Waals surface area contributed by atoms with Gasteiger partial charge in [-0.2, -0.15) is 0 Å². The van der Waals surface area contributed by atoms with Gasteiger partial charge in [0, 0.05) is 20.0 Å². The molecule has 2 aromatic carbocycles. The van der Waals surface area contributed by atoms with Gasteiger partial charge in [0.2, 0.25) is 5.91 Å². The number of nitrogens with zero attached hydrogens (tertiary/aromatic N) is 1. The number of halogens is 2. The fraction of sp³-hybridized carbons (Fsp3) is 0.222. The molecule has 0 fully saturated rings. The van der Waals surface area contributed by atoms with Crippen molar-refractivity contribution in [2.45, 2.75) is 19.0 Å². The van der Waals surface area contributed by atoms with Gasteiger partial charge in [-0.3, -0.25) is 4.79 Å². The van der Waals surface area contributed by atoms with E-state index in [1.165, 1.54) is 4.90 Å². The van der Waals surface area contributed by atoms with Crippen LogP contribution in [0.3, 0.4) is 0 Å². The summed E-state index contributed by atoms with van der Waals surface area (Å²) in [5.41, 5.74) is 6.99. The Balaban J connectivity index is 2.11. The van der Waals surface area contributed by atoms with Crippen LogP contribution in [0.25, 0.3) is 0 Å². The average molecular weight is 380 g/mol. The summed E-state index contributed by atoms with van der Waals surface area (Å²) in [7, 11) is 1.66. The monoisotopic (exact) mass is 379 g/mol. The van der Waals surface area contributed by atoms with Crippen LogP contribution in [-0.4, -0.2) is 29.9 Å². The number of nitrogens with two attached hydrogens (primary N) is 1. The van der Waals surface area contributed by atoms with Crippen LogP contribution >= 0.6 is 23.2 Å². The summed E-state index contributed by atoms with van der Waals surface area (Å²) in [5, 5.41) is 3.40. The van der Waals surface area contributed by atoms with Crippen LogP contribution < -0.4 is 11.1 Å². The summed E-state index contributed by atoms with van der Waals surface area (Å²) in [5.74, 6) is -0.242. The van der Waals surface area contributed by atoms with Crippen LogP contribution in [0.15, 0.2) is 48.5 Å². The molecule has 0 aliphatic rings. The zero-order valence-electron chi connectivity index (χ0n) is 13.7. The maximum atomic E-state index is 12.7. The Bertz CT molecular complexity index is 753. The number of amides is 3. The lowest BCUT2D eigenvalue weighted by Crippen LogP contribution is -2.50. The molecule has 3 amide bonds. The minimum absolute atomic E-state index is 0.242. The van der Waals surface area contributed by atoms with Crippen LogP contribution in [-0.2, 0) is 17.8 Å². The molecule has 0 spiro atoms. The lowest BCUT2D eigenvalue weighted by Gasteiger charge is -2.24. The second kappa shape index (κ2) is 8.74. The number of hydrogen-bond acceptors (Lipinski definition) is 2. The highest BCUT2D eigenvalue weighted by atomic mass is 35.5. The zero-order chi connectivity index (χ0) is 18.4. The molecule has 1 unspecified atom stereocenters. The minimum Gasteiger partial charge on any atom is -0.352 e. The molecule has 132 valence electrons. The summed E-state index contributed by atoms with van der Waals surface area (Å²) in [6, 6.07) is 13.1. The van der Waals surface area contributed by atoms with E-state index in [4.69, 9.17) is 28.9 Å². The molecule has 0 aliphatic carbocycles. The first-order valence-corrected chi connectivity index (χ1v) is 8.41. The van der Waals surface area contributed by atoms with Gasteiger partial charge in [-0.05, 0) is 23.3 Å². The molecule has 0 aromatic heterocycles. The Labute approximate surface area is 156 Å². The Hall–Kier alpha value is -2.24. The lowest BCUT2D eigenvalue weighted by molar-refractivity contribution is -0.132. The maximum absolute atomic E-state index is 12.7. The molecule has 2 aromatic rings. The van der Waals surface area contributed by atoms with Crippen molar-refractivity contribution in [1.29, 1.82) is 0 Å². The Morgan fingerprint density at radius 1 is 1.08 bits per heavy atom. The highest BCUT2D eigenvalue weighted by molar-refractivity contribution is 6.42. The van der Waals surface area contributed by atoms with Crippen molar-refractivity contribution in [3.05, 3.63) is 69.7 Å². The molecular weight excluding hydrogens is 361 g/mol. The van der Waals surface area contributed by atoms with Gasteiger partial charge in [-0.1, -0.05) is 59.6 Å². The van der Waals surface area contributed by atoms with Crippen LogP contribution in [0.2, 0.25) is 10.0 Å². The van der Waals surface area contributed by atoms with Crippen molar-refractivity contribution in [3.8, 4) is 0 Å². The fourth-order valence-electron chi connectivity index (χ4n) is 2.48. The van der Waals surface area contributed by atoms with Crippen molar-refractivity contribution in [1.82, 2.24) is 10.2 Å². The molecule has 0 radical (unpaired) electrons. The van der Waals surface area contributed by atoms with Gasteiger partial charge < -0.3 is 16.0 Å². The van der Waals surface area contributed by atoms with E-state index in [-0.39, 0.29) is 5.91 Å². The fourth-order valence-corrected chi connectivity index (χ4v) is 2.80. The summed E-state index contributed by atoms with van der Waals surface area (Å²) in [6.07, 6.45) is 0.355. The first kappa shape index (κ1) is 19.1. The van der Waals surface area contributed by atoms with Crippen LogP contribution in [0, 0.1) is 0 Å². The van der Waals surface area contributed by atoms with E-state index in [1.807, 2.05) is 30.3 Å². The number of likely N-dealkylation sites (N-methyl/N-ethyl adjacent to an activating group) is 1. The molecule has 0 heterocycles. The first-order valence-electron chi connectivity index (χ1n) is 7.65. The van der Waals surface area contributed by atoms with E-state index < -0.39 is 12.1 Å². The van der Waals surface area contributed by atoms with E-state index in [2.05, 4.69) is 5.32 Å².